The fraction of sp³-hybridized carbons (Fsp3) is 0.300. The van der Waals surface area contributed by atoms with Crippen LogP contribution in [0.4, 0.5) is 5.82 Å². The standard InChI is InChI=1S/C10H12ClN3O/c1-7(2)4-14(3)10-8(5-15)9(11)12-6-13-10/h5-6H,1,4H2,2-3H3. The van der Waals surface area contributed by atoms with Crippen LogP contribution >= 0.6 is 11.6 Å². The van der Waals surface area contributed by atoms with E-state index in [2.05, 4.69) is 16.5 Å². The number of carbonyl (C=O) groups is 1. The van der Waals surface area contributed by atoms with Crippen molar-refractivity contribution in [1.82, 2.24) is 9.97 Å². The van der Waals surface area contributed by atoms with Gasteiger partial charge in [-0.3, -0.25) is 4.79 Å². The molecule has 0 radical (unpaired) electrons. The summed E-state index contributed by atoms with van der Waals surface area (Å²) in [6.45, 7) is 6.31. The number of anilines is 1. The number of likely N-dealkylation sites (N-methyl/N-ethyl adjacent to an activating group) is 1. The van der Waals surface area contributed by atoms with Gasteiger partial charge in [0.2, 0.25) is 0 Å². The molecule has 0 saturated carbocycles. The molecule has 1 aromatic rings. The third-order valence-corrected chi connectivity index (χ3v) is 2.10. The minimum Gasteiger partial charge on any atom is -0.355 e. The Labute approximate surface area is 93.6 Å². The first kappa shape index (κ1) is 11.7. The van der Waals surface area contributed by atoms with Crippen molar-refractivity contribution in [1.29, 1.82) is 0 Å². The summed E-state index contributed by atoms with van der Waals surface area (Å²) in [5.41, 5.74) is 1.28. The first-order chi connectivity index (χ1) is 7.06. The van der Waals surface area contributed by atoms with Crippen LogP contribution in [0.15, 0.2) is 18.5 Å². The Bertz CT molecular complexity index is 392. The minimum absolute atomic E-state index is 0.170. The van der Waals surface area contributed by atoms with E-state index in [1.54, 1.807) is 4.90 Å². The molecule has 15 heavy (non-hydrogen) atoms. The lowest BCUT2D eigenvalue weighted by Crippen LogP contribution is -2.22. The van der Waals surface area contributed by atoms with E-state index in [-0.39, 0.29) is 5.15 Å². The Morgan fingerprint density at radius 1 is 1.67 bits per heavy atom. The highest BCUT2D eigenvalue weighted by molar-refractivity contribution is 6.32. The van der Waals surface area contributed by atoms with Gasteiger partial charge in [-0.05, 0) is 6.92 Å². The van der Waals surface area contributed by atoms with Crippen LogP contribution in [-0.4, -0.2) is 29.8 Å². The number of aldehydes is 1. The highest BCUT2D eigenvalue weighted by Gasteiger charge is 2.12. The lowest BCUT2D eigenvalue weighted by molar-refractivity contribution is 0.112. The van der Waals surface area contributed by atoms with Crippen molar-refractivity contribution in [2.45, 2.75) is 6.92 Å². The van der Waals surface area contributed by atoms with Gasteiger partial charge in [0.1, 0.15) is 17.3 Å². The summed E-state index contributed by atoms with van der Waals surface area (Å²) in [5, 5.41) is 0.170. The number of hydrogen-bond acceptors (Lipinski definition) is 4. The van der Waals surface area contributed by atoms with E-state index < -0.39 is 0 Å². The molecule has 0 aliphatic rings. The molecule has 0 amide bonds. The molecule has 0 aliphatic carbocycles. The maximum atomic E-state index is 10.8. The maximum absolute atomic E-state index is 10.8. The molecular formula is C10H12ClN3O. The SMILES string of the molecule is C=C(C)CN(C)c1ncnc(Cl)c1C=O. The molecule has 0 atom stereocenters. The summed E-state index contributed by atoms with van der Waals surface area (Å²) in [4.78, 5) is 20.4. The highest BCUT2D eigenvalue weighted by atomic mass is 35.5. The molecule has 80 valence electrons. The molecule has 1 rings (SSSR count). The molecular weight excluding hydrogens is 214 g/mol. The Kier molecular flexibility index (Phi) is 3.80. The van der Waals surface area contributed by atoms with Crippen molar-refractivity contribution in [3.8, 4) is 0 Å². The molecule has 0 aliphatic heterocycles. The van der Waals surface area contributed by atoms with Gasteiger partial charge in [0.05, 0.1) is 5.56 Å². The Hall–Kier alpha value is -1.42. The first-order valence-electron chi connectivity index (χ1n) is 4.37. The average molecular weight is 226 g/mol. The number of nitrogens with zero attached hydrogens (tertiary/aromatic N) is 3. The predicted molar refractivity (Wildman–Crippen MR) is 60.5 cm³/mol. The number of hydrogen-bond donors (Lipinski definition) is 0. The molecule has 0 fully saturated rings. The third-order valence-electron chi connectivity index (χ3n) is 1.80. The third kappa shape index (κ3) is 2.76. The van der Waals surface area contributed by atoms with Gasteiger partial charge in [-0.25, -0.2) is 9.97 Å². The molecule has 1 aromatic heterocycles. The molecule has 0 N–H and O–H groups in total. The van der Waals surface area contributed by atoms with Crippen molar-refractivity contribution in [3.05, 3.63) is 29.2 Å². The van der Waals surface area contributed by atoms with Crippen LogP contribution in [0.1, 0.15) is 17.3 Å². The van der Waals surface area contributed by atoms with Gasteiger partial charge >= 0.3 is 0 Å². The zero-order valence-electron chi connectivity index (χ0n) is 8.70. The summed E-state index contributed by atoms with van der Waals surface area (Å²) >= 11 is 5.78. The predicted octanol–water partition coefficient (Wildman–Crippen LogP) is 1.95. The minimum atomic E-state index is 0.170. The second kappa shape index (κ2) is 4.89. The molecule has 4 nitrogen and oxygen atoms in total. The Morgan fingerprint density at radius 2 is 2.33 bits per heavy atom. The first-order valence-corrected chi connectivity index (χ1v) is 4.75. The van der Waals surface area contributed by atoms with Crippen LogP contribution in [0.2, 0.25) is 5.15 Å². The number of aromatic nitrogens is 2. The zero-order chi connectivity index (χ0) is 11.4. The van der Waals surface area contributed by atoms with Gasteiger partial charge in [0.15, 0.2) is 6.29 Å². The van der Waals surface area contributed by atoms with E-state index in [0.717, 1.165) is 5.57 Å². The largest absolute Gasteiger partial charge is 0.355 e. The molecule has 0 aromatic carbocycles. The van der Waals surface area contributed by atoms with Gasteiger partial charge < -0.3 is 4.90 Å². The van der Waals surface area contributed by atoms with E-state index in [4.69, 9.17) is 11.6 Å². The lowest BCUT2D eigenvalue weighted by atomic mass is 10.3. The lowest BCUT2D eigenvalue weighted by Gasteiger charge is -2.19. The van der Waals surface area contributed by atoms with Crippen molar-refractivity contribution < 1.29 is 4.79 Å². The summed E-state index contributed by atoms with van der Waals surface area (Å²) in [5.74, 6) is 0.521. The summed E-state index contributed by atoms with van der Waals surface area (Å²) in [6, 6.07) is 0. The summed E-state index contributed by atoms with van der Waals surface area (Å²) in [6.07, 6.45) is 1.99. The molecule has 0 spiro atoms. The Morgan fingerprint density at radius 3 is 2.87 bits per heavy atom. The second-order valence-corrected chi connectivity index (χ2v) is 3.69. The van der Waals surface area contributed by atoms with E-state index in [0.29, 0.717) is 24.2 Å². The fourth-order valence-corrected chi connectivity index (χ4v) is 1.42. The van der Waals surface area contributed by atoms with E-state index in [1.165, 1.54) is 6.33 Å². The fourth-order valence-electron chi connectivity index (χ4n) is 1.25. The molecule has 0 bridgehead atoms. The van der Waals surface area contributed by atoms with Crippen molar-refractivity contribution in [3.63, 3.8) is 0 Å². The van der Waals surface area contributed by atoms with Crippen LogP contribution < -0.4 is 4.90 Å². The van der Waals surface area contributed by atoms with Crippen molar-refractivity contribution in [2.75, 3.05) is 18.5 Å². The number of carbonyl (C=O) groups excluding carboxylic acids is 1. The number of rotatable bonds is 4. The van der Waals surface area contributed by atoms with E-state index in [9.17, 15) is 4.79 Å². The van der Waals surface area contributed by atoms with E-state index >= 15 is 0 Å². The molecule has 5 heteroatoms. The van der Waals surface area contributed by atoms with Crippen molar-refractivity contribution >= 4 is 23.7 Å². The van der Waals surface area contributed by atoms with Crippen LogP contribution in [0.3, 0.4) is 0 Å². The van der Waals surface area contributed by atoms with Gasteiger partial charge in [-0.15, -0.1) is 0 Å². The second-order valence-electron chi connectivity index (χ2n) is 3.33. The van der Waals surface area contributed by atoms with Crippen LogP contribution in [0, 0.1) is 0 Å². The number of halogens is 1. The molecule has 1 heterocycles. The molecule has 0 unspecified atom stereocenters. The van der Waals surface area contributed by atoms with Crippen LogP contribution in [0.25, 0.3) is 0 Å². The van der Waals surface area contributed by atoms with Gasteiger partial charge in [0.25, 0.3) is 0 Å². The Balaban J connectivity index is 3.07. The van der Waals surface area contributed by atoms with Gasteiger partial charge in [-0.1, -0.05) is 23.8 Å². The molecule has 0 saturated heterocycles. The topological polar surface area (TPSA) is 46.1 Å². The van der Waals surface area contributed by atoms with Crippen molar-refractivity contribution in [2.24, 2.45) is 0 Å². The maximum Gasteiger partial charge on any atom is 0.156 e. The van der Waals surface area contributed by atoms with Gasteiger partial charge in [-0.2, -0.15) is 0 Å². The smallest absolute Gasteiger partial charge is 0.156 e. The highest BCUT2D eigenvalue weighted by Crippen LogP contribution is 2.20. The quantitative estimate of drug-likeness (QED) is 0.447. The average Bonchev–Trinajstić information content (AvgIpc) is 2.16. The summed E-state index contributed by atoms with van der Waals surface area (Å²) < 4.78 is 0. The van der Waals surface area contributed by atoms with E-state index in [1.807, 2.05) is 14.0 Å². The van der Waals surface area contributed by atoms with Crippen LogP contribution in [0.5, 0.6) is 0 Å². The zero-order valence-corrected chi connectivity index (χ0v) is 9.45. The summed E-state index contributed by atoms with van der Waals surface area (Å²) in [7, 11) is 1.82. The normalized spacial score (nSPS) is 9.80. The van der Waals surface area contributed by atoms with Gasteiger partial charge in [0, 0.05) is 13.6 Å². The monoisotopic (exact) mass is 225 g/mol. The van der Waals surface area contributed by atoms with Crippen LogP contribution in [-0.2, 0) is 0 Å².